The van der Waals surface area contributed by atoms with E-state index in [2.05, 4.69) is 26.6 Å². The van der Waals surface area contributed by atoms with Crippen LogP contribution in [0.3, 0.4) is 0 Å². The van der Waals surface area contributed by atoms with E-state index in [9.17, 15) is 48.7 Å². The molecular formula is C22H20BrF7N2O4S. The largest absolute Gasteiger partial charge is 0.435 e. The Bertz CT molecular complexity index is 1300. The van der Waals surface area contributed by atoms with Gasteiger partial charge in [-0.25, -0.2) is 12.8 Å². The number of halogens is 8. The summed E-state index contributed by atoms with van der Waals surface area (Å²) in [6, 6.07) is 4.45. The number of carbonyl (C=O) groups excluding carboxylic acids is 2. The second kappa shape index (κ2) is 10.6. The highest BCUT2D eigenvalue weighted by Gasteiger charge is 2.73. The lowest BCUT2D eigenvalue weighted by molar-refractivity contribution is -0.348. The Kier molecular flexibility index (Phi) is 8.74. The second-order valence-electron chi connectivity index (χ2n) is 8.27. The van der Waals surface area contributed by atoms with Gasteiger partial charge in [0.2, 0.25) is 0 Å². The van der Waals surface area contributed by atoms with Crippen LogP contribution in [0.25, 0.3) is 0 Å². The van der Waals surface area contributed by atoms with Crippen molar-refractivity contribution in [3.63, 3.8) is 0 Å². The highest BCUT2D eigenvalue weighted by atomic mass is 79.9. The van der Waals surface area contributed by atoms with Crippen molar-refractivity contribution in [3.05, 3.63) is 63.1 Å². The molecule has 0 aliphatic heterocycles. The monoisotopic (exact) mass is 620 g/mol. The number of carbonyl (C=O) groups is 2. The summed E-state index contributed by atoms with van der Waals surface area (Å²) in [6.07, 6.45) is -11.6. The molecule has 0 fully saturated rings. The molecule has 2 aromatic carbocycles. The molecule has 2 amide bonds. The van der Waals surface area contributed by atoms with Gasteiger partial charge >= 0.3 is 18.0 Å². The Hall–Kier alpha value is -2.68. The summed E-state index contributed by atoms with van der Waals surface area (Å²) < 4.78 is 116. The summed E-state index contributed by atoms with van der Waals surface area (Å²) in [6.45, 7) is 2.49. The summed E-state index contributed by atoms with van der Waals surface area (Å²) in [5, 5.41) is 4.71. The number of benzene rings is 2. The number of hydrogen-bond acceptors (Lipinski definition) is 4. The van der Waals surface area contributed by atoms with Crippen molar-refractivity contribution in [1.29, 1.82) is 0 Å². The van der Waals surface area contributed by atoms with Crippen molar-refractivity contribution in [2.45, 2.75) is 37.9 Å². The number of hydrogen-bond donors (Lipinski definition) is 2. The van der Waals surface area contributed by atoms with Crippen LogP contribution in [0, 0.1) is 6.92 Å². The number of anilines is 1. The van der Waals surface area contributed by atoms with Crippen LogP contribution in [0.5, 0.6) is 0 Å². The average molecular weight is 621 g/mol. The molecule has 2 aromatic rings. The average Bonchev–Trinajstić information content (AvgIpc) is 2.71. The maximum atomic E-state index is 14.3. The van der Waals surface area contributed by atoms with Gasteiger partial charge in [0.05, 0.1) is 16.9 Å². The lowest BCUT2D eigenvalue weighted by atomic mass is 9.92. The van der Waals surface area contributed by atoms with E-state index < -0.39 is 51.3 Å². The van der Waals surface area contributed by atoms with Gasteiger partial charge in [0.1, 0.15) is 9.84 Å². The fourth-order valence-electron chi connectivity index (χ4n) is 3.43. The van der Waals surface area contributed by atoms with E-state index in [0.717, 1.165) is 13.2 Å². The van der Waals surface area contributed by atoms with Crippen molar-refractivity contribution in [2.24, 2.45) is 0 Å². The molecule has 0 aromatic heterocycles. The highest BCUT2D eigenvalue weighted by molar-refractivity contribution is 9.10. The third kappa shape index (κ3) is 6.80. The number of amides is 2. The quantitative estimate of drug-likeness (QED) is 0.402. The van der Waals surface area contributed by atoms with Crippen LogP contribution in [-0.4, -0.2) is 50.6 Å². The van der Waals surface area contributed by atoms with Crippen LogP contribution in [0.4, 0.5) is 36.4 Å². The van der Waals surface area contributed by atoms with Crippen LogP contribution in [0.2, 0.25) is 0 Å². The van der Waals surface area contributed by atoms with Crippen LogP contribution >= 0.6 is 15.9 Å². The van der Waals surface area contributed by atoms with Crippen LogP contribution < -0.4 is 10.6 Å². The Labute approximate surface area is 215 Å². The van der Waals surface area contributed by atoms with E-state index in [1.54, 1.807) is 0 Å². The van der Waals surface area contributed by atoms with E-state index >= 15 is 0 Å². The number of nitrogens with one attached hydrogen (secondary N) is 2. The maximum Gasteiger partial charge on any atom is 0.435 e. The molecule has 0 unspecified atom stereocenters. The first-order valence-corrected chi connectivity index (χ1v) is 13.1. The van der Waals surface area contributed by atoms with Gasteiger partial charge in [-0.2, -0.15) is 26.3 Å². The Morgan fingerprint density at radius 3 is 2.03 bits per heavy atom. The third-order valence-electron chi connectivity index (χ3n) is 5.07. The predicted octanol–water partition coefficient (Wildman–Crippen LogP) is 5.46. The zero-order valence-electron chi connectivity index (χ0n) is 19.3. The van der Waals surface area contributed by atoms with Crippen LogP contribution in [-0.2, 0) is 15.5 Å². The Morgan fingerprint density at radius 2 is 1.54 bits per heavy atom. The zero-order chi connectivity index (χ0) is 28.6. The van der Waals surface area contributed by atoms with Crippen molar-refractivity contribution < 1.29 is 48.7 Å². The van der Waals surface area contributed by atoms with Crippen molar-refractivity contribution >= 4 is 43.3 Å². The first kappa shape index (κ1) is 30.5. The molecule has 0 aliphatic rings. The molecule has 1 atom stereocenters. The molecule has 0 radical (unpaired) electrons. The van der Waals surface area contributed by atoms with Gasteiger partial charge in [0, 0.05) is 28.0 Å². The van der Waals surface area contributed by atoms with Crippen molar-refractivity contribution in [1.82, 2.24) is 5.32 Å². The molecule has 0 saturated carbocycles. The molecule has 204 valence electrons. The van der Waals surface area contributed by atoms with Crippen molar-refractivity contribution in [2.75, 3.05) is 17.3 Å². The summed E-state index contributed by atoms with van der Waals surface area (Å²) in [4.78, 5) is 25.7. The maximum absolute atomic E-state index is 14.3. The van der Waals surface area contributed by atoms with Crippen LogP contribution in [0.1, 0.15) is 38.8 Å². The minimum absolute atomic E-state index is 0.147. The van der Waals surface area contributed by atoms with Gasteiger partial charge in [-0.15, -0.1) is 0 Å². The zero-order valence-corrected chi connectivity index (χ0v) is 21.7. The summed E-state index contributed by atoms with van der Waals surface area (Å²) >= 11 is 3.12. The number of sulfone groups is 1. The van der Waals surface area contributed by atoms with E-state index in [1.165, 1.54) is 25.1 Å². The highest BCUT2D eigenvalue weighted by Crippen LogP contribution is 2.53. The van der Waals surface area contributed by atoms with Gasteiger partial charge in [-0.3, -0.25) is 9.59 Å². The minimum atomic E-state index is -6.30. The molecule has 2 rings (SSSR count). The molecule has 0 spiro atoms. The molecule has 2 N–H and O–H groups in total. The second-order valence-corrected chi connectivity index (χ2v) is 11.3. The fourth-order valence-corrected chi connectivity index (χ4v) is 4.97. The SMILES string of the molecule is Cc1cc(C(F)(C(F)(F)F)C(F)(F)F)ccc1NC(=O)c1cccc(Br)c1C(=O)N[C@H](C)CS(C)(=O)=O. The van der Waals surface area contributed by atoms with E-state index in [4.69, 9.17) is 0 Å². The number of rotatable bonds is 7. The topological polar surface area (TPSA) is 92.3 Å². The molecule has 0 bridgehead atoms. The first-order valence-electron chi connectivity index (χ1n) is 10.2. The molecular weight excluding hydrogens is 601 g/mol. The molecule has 37 heavy (non-hydrogen) atoms. The fraction of sp³-hybridized carbons (Fsp3) is 0.364. The van der Waals surface area contributed by atoms with Crippen LogP contribution in [0.15, 0.2) is 40.9 Å². The molecule has 0 saturated heterocycles. The summed E-state index contributed by atoms with van der Waals surface area (Å²) in [7, 11) is -3.44. The summed E-state index contributed by atoms with van der Waals surface area (Å²) in [5.74, 6) is -2.17. The molecule has 0 aliphatic carbocycles. The van der Waals surface area contributed by atoms with Gasteiger partial charge in [-0.1, -0.05) is 18.2 Å². The van der Waals surface area contributed by atoms with E-state index in [1.807, 2.05) is 0 Å². The van der Waals surface area contributed by atoms with Crippen molar-refractivity contribution in [3.8, 4) is 0 Å². The van der Waals surface area contributed by atoms with Gasteiger partial charge < -0.3 is 10.6 Å². The third-order valence-corrected chi connectivity index (χ3v) is 6.84. The van der Waals surface area contributed by atoms with E-state index in [0.29, 0.717) is 12.1 Å². The van der Waals surface area contributed by atoms with Gasteiger partial charge in [-0.05, 0) is 53.5 Å². The van der Waals surface area contributed by atoms with Gasteiger partial charge in [0.15, 0.2) is 0 Å². The molecule has 0 heterocycles. The smallest absolute Gasteiger partial charge is 0.349 e. The normalized spacial score (nSPS) is 13.7. The number of alkyl halides is 7. The van der Waals surface area contributed by atoms with E-state index in [-0.39, 0.29) is 38.7 Å². The van der Waals surface area contributed by atoms with Gasteiger partial charge in [0.25, 0.3) is 11.8 Å². The predicted molar refractivity (Wildman–Crippen MR) is 125 cm³/mol. The lowest BCUT2D eigenvalue weighted by Crippen LogP contribution is -2.50. The molecule has 6 nitrogen and oxygen atoms in total. The Morgan fingerprint density at radius 1 is 0.973 bits per heavy atom. The standard InChI is InChI=1S/C22H20BrF7N2O4S/c1-11-9-13(20(24,21(25,26)27)22(28,29)30)7-8-16(11)32-18(33)14-5-4-6-15(23)17(14)19(34)31-12(2)10-37(3,35)36/h4-9,12H,10H2,1-3H3,(H,31,34)(H,32,33)/t12-/m1/s1. The summed E-state index contributed by atoms with van der Waals surface area (Å²) in [5.41, 5.74) is -8.35. The first-order chi connectivity index (χ1) is 16.7. The lowest BCUT2D eigenvalue weighted by Gasteiger charge is -2.30. The number of aryl methyl sites for hydroxylation is 1. The minimum Gasteiger partial charge on any atom is -0.349 e. The Balaban J connectivity index is 2.40. The molecule has 15 heteroatoms.